The lowest BCUT2D eigenvalue weighted by Crippen LogP contribution is -2.18. The summed E-state index contributed by atoms with van der Waals surface area (Å²) in [4.78, 5) is 5.86. The van der Waals surface area contributed by atoms with Crippen LogP contribution < -0.4 is 0 Å². The molecule has 20 heavy (non-hydrogen) atoms. The molecule has 1 N–H and O–H groups in total. The lowest BCUT2D eigenvalue weighted by molar-refractivity contribution is 0.324. The zero-order valence-electron chi connectivity index (χ0n) is 12.7. The van der Waals surface area contributed by atoms with Gasteiger partial charge >= 0.3 is 0 Å². The summed E-state index contributed by atoms with van der Waals surface area (Å²) in [5.41, 5.74) is 4.11. The van der Waals surface area contributed by atoms with E-state index >= 15 is 0 Å². The molecule has 1 aromatic carbocycles. The van der Waals surface area contributed by atoms with Crippen molar-refractivity contribution in [2.75, 3.05) is 6.54 Å². The second-order valence-corrected chi connectivity index (χ2v) is 5.95. The summed E-state index contributed by atoms with van der Waals surface area (Å²) in [7, 11) is 0. The number of hydrogen-bond donors (Lipinski definition) is 1. The number of benzene rings is 1. The minimum atomic E-state index is 0.440. The maximum absolute atomic E-state index is 3.43. The van der Waals surface area contributed by atoms with E-state index in [2.05, 4.69) is 67.3 Å². The third kappa shape index (κ3) is 2.24. The number of aromatic nitrogens is 1. The fourth-order valence-electron chi connectivity index (χ4n) is 3.06. The molecule has 2 heterocycles. The number of hydrogen-bond acceptors (Lipinski definition) is 1. The summed E-state index contributed by atoms with van der Waals surface area (Å²) in [5, 5.41) is 1.38. The van der Waals surface area contributed by atoms with Gasteiger partial charge in [0.15, 0.2) is 0 Å². The van der Waals surface area contributed by atoms with Gasteiger partial charge in [-0.05, 0) is 55.1 Å². The second kappa shape index (κ2) is 5.35. The van der Waals surface area contributed by atoms with Crippen LogP contribution in [0.5, 0.6) is 0 Å². The van der Waals surface area contributed by atoms with Crippen LogP contribution in [0.25, 0.3) is 10.9 Å². The van der Waals surface area contributed by atoms with Crippen molar-refractivity contribution >= 4 is 10.9 Å². The summed E-state index contributed by atoms with van der Waals surface area (Å²) >= 11 is 0. The van der Waals surface area contributed by atoms with Crippen LogP contribution >= 0.6 is 0 Å². The minimum absolute atomic E-state index is 0.440. The molecule has 0 radical (unpaired) electrons. The summed E-state index contributed by atoms with van der Waals surface area (Å²) in [5.74, 6) is 0.629. The van der Waals surface area contributed by atoms with Crippen molar-refractivity contribution < 1.29 is 0 Å². The van der Waals surface area contributed by atoms with Gasteiger partial charge in [0, 0.05) is 23.6 Å². The SMILES string of the molecule is CCC(C)c1ccc2[nH]cc(C(C)N3C=CCC3)c2c1. The van der Waals surface area contributed by atoms with Crippen LogP contribution in [0.4, 0.5) is 0 Å². The van der Waals surface area contributed by atoms with Crippen molar-refractivity contribution in [2.45, 2.75) is 45.6 Å². The predicted molar refractivity (Wildman–Crippen MR) is 85.9 cm³/mol. The maximum Gasteiger partial charge on any atom is 0.0529 e. The van der Waals surface area contributed by atoms with Gasteiger partial charge in [0.05, 0.1) is 6.04 Å². The molecular weight excluding hydrogens is 244 g/mol. The third-order valence-corrected chi connectivity index (χ3v) is 4.72. The zero-order chi connectivity index (χ0) is 14.1. The van der Waals surface area contributed by atoms with Gasteiger partial charge in [-0.15, -0.1) is 0 Å². The molecular formula is C18H24N2. The molecule has 2 heteroatoms. The molecule has 0 amide bonds. The van der Waals surface area contributed by atoms with E-state index in [0.717, 1.165) is 6.54 Å². The molecule has 3 rings (SSSR count). The topological polar surface area (TPSA) is 19.0 Å². The van der Waals surface area contributed by atoms with Crippen molar-refractivity contribution in [1.29, 1.82) is 0 Å². The molecule has 2 unspecified atom stereocenters. The van der Waals surface area contributed by atoms with Gasteiger partial charge in [0.25, 0.3) is 0 Å². The Morgan fingerprint density at radius 2 is 2.15 bits per heavy atom. The molecule has 2 aromatic rings. The molecule has 0 aliphatic carbocycles. The quantitative estimate of drug-likeness (QED) is 0.830. The highest BCUT2D eigenvalue weighted by Gasteiger charge is 2.18. The number of H-pyrrole nitrogens is 1. The van der Waals surface area contributed by atoms with Gasteiger partial charge in [-0.25, -0.2) is 0 Å². The number of aromatic amines is 1. The van der Waals surface area contributed by atoms with E-state index in [1.54, 1.807) is 0 Å². The Bertz CT molecular complexity index is 623. The molecule has 0 saturated heterocycles. The van der Waals surface area contributed by atoms with Crippen molar-refractivity contribution in [3.8, 4) is 0 Å². The third-order valence-electron chi connectivity index (χ3n) is 4.72. The van der Waals surface area contributed by atoms with Gasteiger partial charge in [0.2, 0.25) is 0 Å². The highest BCUT2D eigenvalue weighted by atomic mass is 15.1. The van der Waals surface area contributed by atoms with E-state index in [1.807, 2.05) is 0 Å². The van der Waals surface area contributed by atoms with Gasteiger partial charge in [-0.1, -0.05) is 26.0 Å². The van der Waals surface area contributed by atoms with Crippen molar-refractivity contribution in [3.05, 3.63) is 47.8 Å². The molecule has 0 fully saturated rings. The fourth-order valence-corrected chi connectivity index (χ4v) is 3.06. The molecule has 106 valence electrons. The average Bonchev–Trinajstić information content (AvgIpc) is 3.14. The first-order valence-corrected chi connectivity index (χ1v) is 7.74. The van der Waals surface area contributed by atoms with Crippen LogP contribution in [0.3, 0.4) is 0 Å². The van der Waals surface area contributed by atoms with Crippen LogP contribution in [-0.4, -0.2) is 16.4 Å². The fraction of sp³-hybridized carbons (Fsp3) is 0.444. The van der Waals surface area contributed by atoms with Crippen LogP contribution in [0.1, 0.15) is 56.7 Å². The summed E-state index contributed by atoms with van der Waals surface area (Å²) in [6.07, 6.45) is 9.04. The lowest BCUT2D eigenvalue weighted by atomic mass is 9.95. The minimum Gasteiger partial charge on any atom is -0.371 e. The summed E-state index contributed by atoms with van der Waals surface area (Å²) in [6, 6.07) is 7.31. The average molecular weight is 268 g/mol. The number of rotatable bonds is 4. The van der Waals surface area contributed by atoms with Gasteiger partial charge in [-0.3, -0.25) is 0 Å². The standard InChI is InChI=1S/C18H24N2/c1-4-13(2)15-7-8-18-16(11-15)17(12-19-18)14(3)20-9-5-6-10-20/h5,7-9,11-14,19H,4,6,10H2,1-3H3. The van der Waals surface area contributed by atoms with E-state index in [1.165, 1.54) is 34.9 Å². The van der Waals surface area contributed by atoms with E-state index in [-0.39, 0.29) is 0 Å². The Hall–Kier alpha value is -1.70. The van der Waals surface area contributed by atoms with E-state index in [0.29, 0.717) is 12.0 Å². The van der Waals surface area contributed by atoms with Crippen molar-refractivity contribution in [1.82, 2.24) is 9.88 Å². The highest BCUT2D eigenvalue weighted by Crippen LogP contribution is 2.32. The van der Waals surface area contributed by atoms with Gasteiger partial charge < -0.3 is 9.88 Å². The lowest BCUT2D eigenvalue weighted by Gasteiger charge is -2.24. The van der Waals surface area contributed by atoms with Gasteiger partial charge in [0.1, 0.15) is 0 Å². The van der Waals surface area contributed by atoms with Crippen LogP contribution in [0, 0.1) is 0 Å². The maximum atomic E-state index is 3.43. The molecule has 1 aliphatic rings. The monoisotopic (exact) mass is 268 g/mol. The first-order chi connectivity index (χ1) is 9.70. The van der Waals surface area contributed by atoms with Crippen LogP contribution in [0.2, 0.25) is 0 Å². The highest BCUT2D eigenvalue weighted by molar-refractivity contribution is 5.84. The first kappa shape index (κ1) is 13.3. The Balaban J connectivity index is 2.00. The summed E-state index contributed by atoms with van der Waals surface area (Å²) < 4.78 is 0. The smallest absolute Gasteiger partial charge is 0.0529 e. The van der Waals surface area contributed by atoms with Crippen molar-refractivity contribution in [3.63, 3.8) is 0 Å². The molecule has 0 saturated carbocycles. The van der Waals surface area contributed by atoms with Gasteiger partial charge in [-0.2, -0.15) is 0 Å². The van der Waals surface area contributed by atoms with Crippen molar-refractivity contribution in [2.24, 2.45) is 0 Å². The van der Waals surface area contributed by atoms with Crippen LogP contribution in [-0.2, 0) is 0 Å². The van der Waals surface area contributed by atoms with E-state index in [9.17, 15) is 0 Å². The first-order valence-electron chi connectivity index (χ1n) is 7.74. The molecule has 0 spiro atoms. The molecule has 1 aliphatic heterocycles. The van der Waals surface area contributed by atoms with Crippen LogP contribution in [0.15, 0.2) is 36.7 Å². The zero-order valence-corrected chi connectivity index (χ0v) is 12.7. The number of nitrogens with zero attached hydrogens (tertiary/aromatic N) is 1. The molecule has 0 bridgehead atoms. The largest absolute Gasteiger partial charge is 0.371 e. The predicted octanol–water partition coefficient (Wildman–Crippen LogP) is 4.96. The Labute approximate surface area is 121 Å². The summed E-state index contributed by atoms with van der Waals surface area (Å²) in [6.45, 7) is 8.00. The molecule has 2 atom stereocenters. The normalized spacial score (nSPS) is 17.9. The van der Waals surface area contributed by atoms with E-state index < -0.39 is 0 Å². The molecule has 2 nitrogen and oxygen atoms in total. The van der Waals surface area contributed by atoms with E-state index in [4.69, 9.17) is 0 Å². The second-order valence-electron chi connectivity index (χ2n) is 5.95. The Morgan fingerprint density at radius 1 is 1.30 bits per heavy atom. The molecule has 1 aromatic heterocycles. The Kier molecular flexibility index (Phi) is 3.56. The number of fused-ring (bicyclic) bond motifs is 1. The Morgan fingerprint density at radius 3 is 2.85 bits per heavy atom. The number of nitrogens with one attached hydrogen (secondary N) is 1.